The molecule has 0 spiro atoms. The molecule has 0 heterocycles. The van der Waals surface area contributed by atoms with Gasteiger partial charge in [0.05, 0.1) is 16.6 Å². The first-order valence-corrected chi connectivity index (χ1v) is 11.8. The Balaban J connectivity index is 1.84. The topological polar surface area (TPSA) is 75.3 Å². The minimum atomic E-state index is -3.74. The van der Waals surface area contributed by atoms with Crippen molar-refractivity contribution in [1.29, 1.82) is 0 Å². The molecule has 31 heavy (non-hydrogen) atoms. The van der Waals surface area contributed by atoms with Gasteiger partial charge >= 0.3 is 0 Å². The predicted octanol–water partition coefficient (Wildman–Crippen LogP) is 5.29. The fraction of sp³-hybridized carbons (Fsp3) is 0.240. The van der Waals surface area contributed by atoms with Crippen molar-refractivity contribution >= 4 is 21.6 Å². The SMILES string of the molecule is CCC(NC(=O)c1ccc(C)c(NS(=O)(=O)c2ccccc2)c1)c1ccc(C)cc1C. The largest absolute Gasteiger partial charge is 0.345 e. The van der Waals surface area contributed by atoms with E-state index in [-0.39, 0.29) is 16.8 Å². The molecule has 2 N–H and O–H groups in total. The molecule has 3 aromatic carbocycles. The molecule has 1 atom stereocenters. The highest BCUT2D eigenvalue weighted by atomic mass is 32.2. The van der Waals surface area contributed by atoms with E-state index in [9.17, 15) is 13.2 Å². The molecule has 0 saturated heterocycles. The van der Waals surface area contributed by atoms with Crippen LogP contribution in [0, 0.1) is 20.8 Å². The Hall–Kier alpha value is -3.12. The maximum absolute atomic E-state index is 13.0. The van der Waals surface area contributed by atoms with Crippen molar-refractivity contribution in [2.24, 2.45) is 0 Å². The average Bonchev–Trinajstić information content (AvgIpc) is 2.74. The Kier molecular flexibility index (Phi) is 6.81. The second-order valence-corrected chi connectivity index (χ2v) is 9.42. The van der Waals surface area contributed by atoms with Gasteiger partial charge in [-0.3, -0.25) is 9.52 Å². The summed E-state index contributed by atoms with van der Waals surface area (Å²) in [4.78, 5) is 13.1. The molecule has 0 aliphatic carbocycles. The third kappa shape index (κ3) is 5.33. The normalized spacial score (nSPS) is 12.3. The summed E-state index contributed by atoms with van der Waals surface area (Å²) in [6.45, 7) is 7.91. The van der Waals surface area contributed by atoms with E-state index in [2.05, 4.69) is 16.1 Å². The van der Waals surface area contributed by atoms with Crippen LogP contribution in [0.5, 0.6) is 0 Å². The summed E-state index contributed by atoms with van der Waals surface area (Å²) in [5.74, 6) is -0.244. The summed E-state index contributed by atoms with van der Waals surface area (Å²) in [6, 6.07) is 19.3. The molecule has 0 fully saturated rings. The number of carbonyl (C=O) groups is 1. The molecule has 0 bridgehead atoms. The molecule has 0 aliphatic heterocycles. The summed E-state index contributed by atoms with van der Waals surface area (Å²) in [5.41, 5.74) is 4.91. The number of aryl methyl sites for hydroxylation is 3. The maximum Gasteiger partial charge on any atom is 0.261 e. The second kappa shape index (κ2) is 9.35. The number of anilines is 1. The van der Waals surface area contributed by atoms with Gasteiger partial charge in [-0.1, -0.05) is 55.0 Å². The number of hydrogen-bond acceptors (Lipinski definition) is 3. The van der Waals surface area contributed by atoms with Crippen molar-refractivity contribution in [2.45, 2.75) is 45.1 Å². The molecule has 3 aromatic rings. The minimum absolute atomic E-state index is 0.126. The van der Waals surface area contributed by atoms with Gasteiger partial charge in [0.1, 0.15) is 0 Å². The van der Waals surface area contributed by atoms with Gasteiger partial charge in [0.25, 0.3) is 15.9 Å². The maximum atomic E-state index is 13.0. The molecule has 0 aromatic heterocycles. The Morgan fingerprint density at radius 1 is 0.903 bits per heavy atom. The molecular weight excluding hydrogens is 408 g/mol. The van der Waals surface area contributed by atoms with Crippen LogP contribution in [0.15, 0.2) is 71.6 Å². The lowest BCUT2D eigenvalue weighted by Crippen LogP contribution is -2.28. The Morgan fingerprint density at radius 2 is 1.61 bits per heavy atom. The van der Waals surface area contributed by atoms with Crippen LogP contribution < -0.4 is 10.0 Å². The van der Waals surface area contributed by atoms with Crippen molar-refractivity contribution in [3.8, 4) is 0 Å². The molecule has 162 valence electrons. The molecule has 0 radical (unpaired) electrons. The number of sulfonamides is 1. The van der Waals surface area contributed by atoms with Gasteiger partial charge in [0.15, 0.2) is 0 Å². The number of hydrogen-bond donors (Lipinski definition) is 2. The molecule has 0 saturated carbocycles. The number of nitrogens with one attached hydrogen (secondary N) is 2. The highest BCUT2D eigenvalue weighted by Crippen LogP contribution is 2.24. The fourth-order valence-electron chi connectivity index (χ4n) is 3.53. The quantitative estimate of drug-likeness (QED) is 0.528. The van der Waals surface area contributed by atoms with Crippen molar-refractivity contribution in [2.75, 3.05) is 4.72 Å². The lowest BCUT2D eigenvalue weighted by Gasteiger charge is -2.20. The Morgan fingerprint density at radius 3 is 2.26 bits per heavy atom. The zero-order valence-corrected chi connectivity index (χ0v) is 19.1. The van der Waals surface area contributed by atoms with E-state index in [1.165, 1.54) is 17.7 Å². The molecule has 1 amide bonds. The van der Waals surface area contributed by atoms with Crippen molar-refractivity contribution < 1.29 is 13.2 Å². The van der Waals surface area contributed by atoms with E-state index in [0.717, 1.165) is 23.1 Å². The summed E-state index contributed by atoms with van der Waals surface area (Å²) in [5, 5.41) is 3.08. The summed E-state index contributed by atoms with van der Waals surface area (Å²) >= 11 is 0. The Labute approximate surface area is 184 Å². The van der Waals surface area contributed by atoms with E-state index in [1.807, 2.05) is 32.9 Å². The van der Waals surface area contributed by atoms with Crippen LogP contribution in [0.4, 0.5) is 5.69 Å². The zero-order valence-electron chi connectivity index (χ0n) is 18.3. The lowest BCUT2D eigenvalue weighted by molar-refractivity contribution is 0.0935. The monoisotopic (exact) mass is 436 g/mol. The van der Waals surface area contributed by atoms with Crippen molar-refractivity contribution in [3.63, 3.8) is 0 Å². The van der Waals surface area contributed by atoms with Gasteiger partial charge < -0.3 is 5.32 Å². The van der Waals surface area contributed by atoms with E-state index in [4.69, 9.17) is 0 Å². The molecule has 5 nitrogen and oxygen atoms in total. The summed E-state index contributed by atoms with van der Waals surface area (Å²) < 4.78 is 28.0. The third-order valence-corrected chi connectivity index (χ3v) is 6.69. The van der Waals surface area contributed by atoms with Gasteiger partial charge in [0.2, 0.25) is 0 Å². The average molecular weight is 437 g/mol. The van der Waals surface area contributed by atoms with Crippen LogP contribution in [0.3, 0.4) is 0 Å². The number of carbonyl (C=O) groups excluding carboxylic acids is 1. The first kappa shape index (κ1) is 22.6. The fourth-order valence-corrected chi connectivity index (χ4v) is 4.68. The van der Waals surface area contributed by atoms with Gasteiger partial charge in [-0.25, -0.2) is 8.42 Å². The standard InChI is InChI=1S/C25H28N2O3S/c1-5-23(22-14-11-17(2)15-19(22)4)26-25(28)20-13-12-18(3)24(16-20)27-31(29,30)21-9-7-6-8-10-21/h6-16,23,27H,5H2,1-4H3,(H,26,28). The molecule has 0 aliphatic rings. The second-order valence-electron chi connectivity index (χ2n) is 7.74. The van der Waals surface area contributed by atoms with Crippen LogP contribution in [0.2, 0.25) is 0 Å². The van der Waals surface area contributed by atoms with Crippen LogP contribution in [0.1, 0.15) is 52.0 Å². The van der Waals surface area contributed by atoms with E-state index in [1.54, 1.807) is 43.3 Å². The predicted molar refractivity (Wildman–Crippen MR) is 125 cm³/mol. The van der Waals surface area contributed by atoms with Crippen molar-refractivity contribution in [1.82, 2.24) is 5.32 Å². The highest BCUT2D eigenvalue weighted by molar-refractivity contribution is 7.92. The van der Waals surface area contributed by atoms with Crippen LogP contribution in [-0.2, 0) is 10.0 Å². The zero-order chi connectivity index (χ0) is 22.6. The first-order valence-electron chi connectivity index (χ1n) is 10.3. The van der Waals surface area contributed by atoms with Gasteiger partial charge in [-0.15, -0.1) is 0 Å². The van der Waals surface area contributed by atoms with E-state index in [0.29, 0.717) is 11.3 Å². The van der Waals surface area contributed by atoms with Crippen molar-refractivity contribution in [3.05, 3.63) is 94.5 Å². The van der Waals surface area contributed by atoms with Gasteiger partial charge in [-0.05, 0) is 68.1 Å². The van der Waals surface area contributed by atoms with Crippen LogP contribution >= 0.6 is 0 Å². The highest BCUT2D eigenvalue weighted by Gasteiger charge is 2.19. The van der Waals surface area contributed by atoms with Gasteiger partial charge in [0, 0.05) is 5.56 Å². The Bertz CT molecular complexity index is 1190. The molecule has 1 unspecified atom stereocenters. The minimum Gasteiger partial charge on any atom is -0.345 e. The number of benzene rings is 3. The summed E-state index contributed by atoms with van der Waals surface area (Å²) in [6.07, 6.45) is 0.745. The summed E-state index contributed by atoms with van der Waals surface area (Å²) in [7, 11) is -3.74. The number of amides is 1. The van der Waals surface area contributed by atoms with Crippen LogP contribution in [-0.4, -0.2) is 14.3 Å². The molecule has 6 heteroatoms. The van der Waals surface area contributed by atoms with E-state index < -0.39 is 10.0 Å². The lowest BCUT2D eigenvalue weighted by atomic mass is 9.97. The van der Waals surface area contributed by atoms with Crippen LogP contribution in [0.25, 0.3) is 0 Å². The van der Waals surface area contributed by atoms with Gasteiger partial charge in [-0.2, -0.15) is 0 Å². The third-order valence-electron chi connectivity index (χ3n) is 5.31. The molecular formula is C25H28N2O3S. The number of rotatable bonds is 7. The smallest absolute Gasteiger partial charge is 0.261 e. The van der Waals surface area contributed by atoms with E-state index >= 15 is 0 Å². The first-order chi connectivity index (χ1) is 14.7. The molecule has 3 rings (SSSR count).